The van der Waals surface area contributed by atoms with Gasteiger partial charge in [0.25, 0.3) is 0 Å². The summed E-state index contributed by atoms with van der Waals surface area (Å²) in [4.78, 5) is 11.4. The lowest BCUT2D eigenvalue weighted by Gasteiger charge is -2.32. The van der Waals surface area contributed by atoms with Crippen molar-refractivity contribution in [1.29, 1.82) is 0 Å². The molecule has 0 N–H and O–H groups in total. The summed E-state index contributed by atoms with van der Waals surface area (Å²) in [6.45, 7) is 10.0. The topological polar surface area (TPSA) is 64.6 Å². The fraction of sp³-hybridized carbons (Fsp3) is 0.826. The van der Waals surface area contributed by atoms with E-state index in [9.17, 15) is 4.55 Å². The molecular formula is C23H40N4O2S. The van der Waals surface area contributed by atoms with Crippen molar-refractivity contribution in [1.82, 2.24) is 14.3 Å². The Morgan fingerprint density at radius 1 is 1.03 bits per heavy atom. The van der Waals surface area contributed by atoms with E-state index in [1.54, 1.807) is 0 Å². The molecule has 1 unspecified atom stereocenters. The number of ether oxygens (including phenoxy) is 1. The molecule has 1 aromatic rings. The molecule has 2 aliphatic heterocycles. The number of anilines is 1. The van der Waals surface area contributed by atoms with E-state index >= 15 is 0 Å². The van der Waals surface area contributed by atoms with Gasteiger partial charge < -0.3 is 14.2 Å². The third kappa shape index (κ3) is 7.36. The minimum atomic E-state index is -0.769. The molecule has 2 saturated heterocycles. The summed E-state index contributed by atoms with van der Waals surface area (Å²) in [6, 6.07) is 0. The molecule has 2 aliphatic rings. The van der Waals surface area contributed by atoms with Gasteiger partial charge in [-0.2, -0.15) is 0 Å². The van der Waals surface area contributed by atoms with Gasteiger partial charge in [-0.1, -0.05) is 13.8 Å². The standard InChI is InChI=1S/C23H40N4O2S/c1-3-16-30(28)27-13-9-22(10-14-27)19-29-15-5-6-21-7-11-26(12-8-21)23-24-17-20(4-2)18-25-23/h17-18,21-22H,3-16,19H2,1-2H3. The highest BCUT2D eigenvalue weighted by molar-refractivity contribution is 7.89. The van der Waals surface area contributed by atoms with Crippen LogP contribution in [-0.4, -0.2) is 64.0 Å². The second-order valence-electron chi connectivity index (χ2n) is 8.79. The Morgan fingerprint density at radius 3 is 2.33 bits per heavy atom. The first-order valence-electron chi connectivity index (χ1n) is 12.0. The van der Waals surface area contributed by atoms with E-state index in [1.165, 1.54) is 24.8 Å². The van der Waals surface area contributed by atoms with Gasteiger partial charge in [0.15, 0.2) is 0 Å². The van der Waals surface area contributed by atoms with Gasteiger partial charge in [0.05, 0.1) is 0 Å². The number of aryl methyl sites for hydroxylation is 1. The Morgan fingerprint density at radius 2 is 1.70 bits per heavy atom. The van der Waals surface area contributed by atoms with Crippen LogP contribution in [0.2, 0.25) is 0 Å². The number of rotatable bonds is 11. The Labute approximate surface area is 186 Å². The molecule has 0 aromatic carbocycles. The van der Waals surface area contributed by atoms with Crippen molar-refractivity contribution in [2.24, 2.45) is 11.8 Å². The Hall–Kier alpha value is -0.890. The molecule has 3 rings (SSSR count). The number of hydrogen-bond acceptors (Lipinski definition) is 6. The van der Waals surface area contributed by atoms with Crippen molar-refractivity contribution < 1.29 is 9.29 Å². The fourth-order valence-electron chi connectivity index (χ4n) is 4.42. The Kier molecular flexibility index (Phi) is 10.2. The maximum atomic E-state index is 12.1. The highest BCUT2D eigenvalue weighted by Gasteiger charge is 2.26. The summed E-state index contributed by atoms with van der Waals surface area (Å²) in [7, 11) is 0. The van der Waals surface area contributed by atoms with Crippen molar-refractivity contribution in [3.05, 3.63) is 18.0 Å². The third-order valence-electron chi connectivity index (χ3n) is 6.49. The highest BCUT2D eigenvalue weighted by Crippen LogP contribution is 2.25. The molecule has 0 saturated carbocycles. The van der Waals surface area contributed by atoms with Crippen molar-refractivity contribution in [3.8, 4) is 0 Å². The summed E-state index contributed by atoms with van der Waals surface area (Å²) < 4.78 is 20.2. The molecule has 170 valence electrons. The number of piperidine rings is 2. The molecule has 30 heavy (non-hydrogen) atoms. The van der Waals surface area contributed by atoms with Crippen molar-refractivity contribution in [2.75, 3.05) is 50.0 Å². The Balaban J connectivity index is 1.22. The predicted octanol–water partition coefficient (Wildman–Crippen LogP) is 3.84. The van der Waals surface area contributed by atoms with E-state index in [0.717, 1.165) is 89.1 Å². The first-order valence-corrected chi connectivity index (χ1v) is 13.2. The zero-order chi connectivity index (χ0) is 21.2. The fourth-order valence-corrected chi connectivity index (χ4v) is 5.65. The van der Waals surface area contributed by atoms with Crippen LogP contribution in [0.25, 0.3) is 0 Å². The van der Waals surface area contributed by atoms with Crippen LogP contribution in [0.5, 0.6) is 0 Å². The molecule has 0 spiro atoms. The van der Waals surface area contributed by atoms with Gasteiger partial charge in [0.2, 0.25) is 5.95 Å². The first-order chi connectivity index (χ1) is 14.7. The molecule has 0 bridgehead atoms. The molecular weight excluding hydrogens is 396 g/mol. The van der Waals surface area contributed by atoms with Crippen LogP contribution in [0.3, 0.4) is 0 Å². The summed E-state index contributed by atoms with van der Waals surface area (Å²) in [5.41, 5.74) is 1.20. The maximum Gasteiger partial charge on any atom is 0.225 e. The van der Waals surface area contributed by atoms with Crippen LogP contribution < -0.4 is 4.90 Å². The van der Waals surface area contributed by atoms with Gasteiger partial charge in [-0.3, -0.25) is 0 Å². The van der Waals surface area contributed by atoms with Crippen LogP contribution >= 0.6 is 0 Å². The van der Waals surface area contributed by atoms with Gasteiger partial charge in [0.1, 0.15) is 5.75 Å². The van der Waals surface area contributed by atoms with Crippen LogP contribution in [0, 0.1) is 11.8 Å². The van der Waals surface area contributed by atoms with Gasteiger partial charge in [-0.15, -0.1) is 4.31 Å². The van der Waals surface area contributed by atoms with Gasteiger partial charge in [-0.25, -0.2) is 9.97 Å². The lowest BCUT2D eigenvalue weighted by atomic mass is 9.92. The van der Waals surface area contributed by atoms with Crippen molar-refractivity contribution >= 4 is 17.3 Å². The van der Waals surface area contributed by atoms with E-state index in [0.29, 0.717) is 5.92 Å². The Bertz CT molecular complexity index is 587. The average molecular weight is 437 g/mol. The van der Waals surface area contributed by atoms with E-state index in [2.05, 4.69) is 33.0 Å². The summed E-state index contributed by atoms with van der Waals surface area (Å²) in [5.74, 6) is 3.13. The number of hydrogen-bond donors (Lipinski definition) is 0. The quantitative estimate of drug-likeness (QED) is 0.388. The SMILES string of the molecule is CCC[S+]([O-])N1CCC(COCCCC2CCN(c3ncc(CC)cn3)CC2)CC1. The van der Waals surface area contributed by atoms with Crippen molar-refractivity contribution in [2.45, 2.75) is 65.2 Å². The molecule has 0 radical (unpaired) electrons. The lowest BCUT2D eigenvalue weighted by Crippen LogP contribution is -2.40. The predicted molar refractivity (Wildman–Crippen MR) is 124 cm³/mol. The van der Waals surface area contributed by atoms with Crippen LogP contribution in [-0.2, 0) is 22.5 Å². The van der Waals surface area contributed by atoms with E-state index in [1.807, 2.05) is 12.4 Å². The van der Waals surface area contributed by atoms with E-state index in [-0.39, 0.29) is 0 Å². The normalized spacial score (nSPS) is 20.6. The smallest absolute Gasteiger partial charge is 0.225 e. The molecule has 6 nitrogen and oxygen atoms in total. The second-order valence-corrected chi connectivity index (χ2v) is 10.4. The summed E-state index contributed by atoms with van der Waals surface area (Å²) in [6.07, 6.45) is 13.0. The van der Waals surface area contributed by atoms with Gasteiger partial charge >= 0.3 is 0 Å². The average Bonchev–Trinajstić information content (AvgIpc) is 2.80. The zero-order valence-corrected chi connectivity index (χ0v) is 19.7. The van der Waals surface area contributed by atoms with Crippen LogP contribution in [0.15, 0.2) is 12.4 Å². The number of nitrogens with zero attached hydrogens (tertiary/aromatic N) is 4. The molecule has 3 heterocycles. The number of aromatic nitrogens is 2. The molecule has 0 amide bonds. The van der Waals surface area contributed by atoms with Gasteiger partial charge in [0, 0.05) is 63.1 Å². The van der Waals surface area contributed by atoms with E-state index in [4.69, 9.17) is 4.74 Å². The highest BCUT2D eigenvalue weighted by atomic mass is 32.2. The monoisotopic (exact) mass is 436 g/mol. The van der Waals surface area contributed by atoms with E-state index < -0.39 is 11.4 Å². The van der Waals surface area contributed by atoms with Crippen LogP contribution in [0.1, 0.15) is 64.4 Å². The third-order valence-corrected chi connectivity index (χ3v) is 8.19. The minimum Gasteiger partial charge on any atom is -0.598 e. The summed E-state index contributed by atoms with van der Waals surface area (Å²) in [5, 5.41) is 0. The lowest BCUT2D eigenvalue weighted by molar-refractivity contribution is 0.0746. The zero-order valence-electron chi connectivity index (χ0n) is 18.9. The maximum absolute atomic E-state index is 12.1. The van der Waals surface area contributed by atoms with Gasteiger partial charge in [-0.05, 0) is 68.8 Å². The molecule has 2 fully saturated rings. The van der Waals surface area contributed by atoms with Crippen LogP contribution in [0.4, 0.5) is 5.95 Å². The first kappa shape index (κ1) is 23.8. The minimum absolute atomic E-state index is 0.641. The van der Waals surface area contributed by atoms with Crippen molar-refractivity contribution in [3.63, 3.8) is 0 Å². The largest absolute Gasteiger partial charge is 0.598 e. The molecule has 7 heteroatoms. The molecule has 1 aromatic heterocycles. The second kappa shape index (κ2) is 12.8. The molecule has 0 aliphatic carbocycles. The summed E-state index contributed by atoms with van der Waals surface area (Å²) >= 11 is -0.769. The molecule has 1 atom stereocenters.